The van der Waals surface area contributed by atoms with Crippen LogP contribution < -0.4 is 5.32 Å². The zero-order valence-corrected chi connectivity index (χ0v) is 17.7. The maximum atomic E-state index is 12.1. The molecule has 1 amide bonds. The van der Waals surface area contributed by atoms with E-state index in [2.05, 4.69) is 40.2 Å². The Balaban J connectivity index is 1.76. The summed E-state index contributed by atoms with van der Waals surface area (Å²) in [5.74, 6) is 0. The highest BCUT2D eigenvalue weighted by molar-refractivity contribution is 5.85. The predicted octanol–water partition coefficient (Wildman–Crippen LogP) is 4.99. The van der Waals surface area contributed by atoms with Crippen molar-refractivity contribution in [2.24, 2.45) is 0 Å². The van der Waals surface area contributed by atoms with E-state index in [0.29, 0.717) is 13.0 Å². The Bertz CT molecular complexity index is 1030. The van der Waals surface area contributed by atoms with Gasteiger partial charge in [-0.2, -0.15) is 0 Å². The molecule has 1 N–H and O–H groups in total. The molecule has 5 heteroatoms. The molecule has 1 unspecified atom stereocenters. The van der Waals surface area contributed by atoms with Gasteiger partial charge in [-0.05, 0) is 38.0 Å². The lowest BCUT2D eigenvalue weighted by atomic mass is 10.1. The standard InChI is InChI=1S/C25H28N2O3/c1-25(2,3)30-24(29)26-21(18-28)16-20-17-27(23-14-8-7-13-22(20)23)15-9-12-19-10-5-4-6-11-19/h4-14,17-18,21H,15-16H2,1-3H3,(H,26,29). The molecule has 2 aromatic carbocycles. The average molecular weight is 405 g/mol. The number of carbonyl (C=O) groups is 2. The Morgan fingerprint density at radius 2 is 1.80 bits per heavy atom. The fourth-order valence-electron chi connectivity index (χ4n) is 3.33. The molecule has 3 aromatic rings. The maximum Gasteiger partial charge on any atom is 0.408 e. The van der Waals surface area contributed by atoms with Crippen LogP contribution in [0, 0.1) is 0 Å². The highest BCUT2D eigenvalue weighted by atomic mass is 16.6. The number of nitrogens with zero attached hydrogens (tertiary/aromatic N) is 1. The Kier molecular flexibility index (Phi) is 6.72. The second-order valence-electron chi connectivity index (χ2n) is 8.23. The van der Waals surface area contributed by atoms with Crippen LogP contribution in [0.1, 0.15) is 31.9 Å². The normalized spacial score (nSPS) is 12.8. The van der Waals surface area contributed by atoms with Crippen molar-refractivity contribution in [3.63, 3.8) is 0 Å². The van der Waals surface area contributed by atoms with E-state index in [1.54, 1.807) is 20.8 Å². The number of ether oxygens (including phenoxy) is 1. The highest BCUT2D eigenvalue weighted by Gasteiger charge is 2.20. The number of allylic oxidation sites excluding steroid dienone is 1. The molecule has 5 nitrogen and oxygen atoms in total. The molecule has 0 bridgehead atoms. The van der Waals surface area contributed by atoms with Crippen LogP contribution in [-0.2, 0) is 22.5 Å². The molecular formula is C25H28N2O3. The number of fused-ring (bicyclic) bond motifs is 1. The first-order chi connectivity index (χ1) is 14.4. The predicted molar refractivity (Wildman–Crippen MR) is 120 cm³/mol. The second kappa shape index (κ2) is 9.44. The van der Waals surface area contributed by atoms with Gasteiger partial charge in [0.05, 0.1) is 6.04 Å². The molecular weight excluding hydrogens is 376 g/mol. The van der Waals surface area contributed by atoms with Gasteiger partial charge in [-0.15, -0.1) is 0 Å². The van der Waals surface area contributed by atoms with Crippen LogP contribution >= 0.6 is 0 Å². The molecule has 3 rings (SSSR count). The fraction of sp³-hybridized carbons (Fsp3) is 0.280. The molecule has 0 saturated heterocycles. The summed E-state index contributed by atoms with van der Waals surface area (Å²) in [6.07, 6.45) is 6.82. The third-order valence-corrected chi connectivity index (χ3v) is 4.59. The van der Waals surface area contributed by atoms with Crippen molar-refractivity contribution in [2.45, 2.75) is 45.4 Å². The lowest BCUT2D eigenvalue weighted by Crippen LogP contribution is -2.41. The van der Waals surface area contributed by atoms with Crippen LogP contribution in [0.15, 0.2) is 66.9 Å². The Morgan fingerprint density at radius 1 is 1.10 bits per heavy atom. The van der Waals surface area contributed by atoms with E-state index in [1.165, 1.54) is 0 Å². The third kappa shape index (κ3) is 5.83. The summed E-state index contributed by atoms with van der Waals surface area (Å²) >= 11 is 0. The third-order valence-electron chi connectivity index (χ3n) is 4.59. The van der Waals surface area contributed by atoms with E-state index in [0.717, 1.165) is 28.3 Å². The monoisotopic (exact) mass is 404 g/mol. The number of nitrogens with one attached hydrogen (secondary N) is 1. The van der Waals surface area contributed by atoms with Crippen LogP contribution in [-0.4, -0.2) is 28.6 Å². The van der Waals surface area contributed by atoms with Gasteiger partial charge in [-0.3, -0.25) is 0 Å². The van der Waals surface area contributed by atoms with Crippen molar-refractivity contribution >= 4 is 29.4 Å². The minimum Gasteiger partial charge on any atom is -0.444 e. The first-order valence-corrected chi connectivity index (χ1v) is 10.1. The molecule has 0 aliphatic rings. The summed E-state index contributed by atoms with van der Waals surface area (Å²) in [6, 6.07) is 17.6. The highest BCUT2D eigenvalue weighted by Crippen LogP contribution is 2.23. The van der Waals surface area contributed by atoms with Crippen LogP contribution in [0.4, 0.5) is 4.79 Å². The number of aromatic nitrogens is 1. The van der Waals surface area contributed by atoms with Crippen molar-refractivity contribution in [1.82, 2.24) is 9.88 Å². The van der Waals surface area contributed by atoms with Crippen LogP contribution in [0.25, 0.3) is 17.0 Å². The molecule has 30 heavy (non-hydrogen) atoms. The Labute approximate surface area is 177 Å². The number of rotatable bonds is 7. The van der Waals surface area contributed by atoms with Gasteiger partial charge >= 0.3 is 6.09 Å². The van der Waals surface area contributed by atoms with Crippen molar-refractivity contribution in [2.75, 3.05) is 0 Å². The molecule has 1 atom stereocenters. The van der Waals surface area contributed by atoms with E-state index < -0.39 is 17.7 Å². The summed E-state index contributed by atoms with van der Waals surface area (Å²) in [5, 5.41) is 3.73. The quantitative estimate of drug-likeness (QED) is 0.565. The largest absolute Gasteiger partial charge is 0.444 e. The minimum absolute atomic E-state index is 0.401. The lowest BCUT2D eigenvalue weighted by molar-refractivity contribution is -0.109. The van der Waals surface area contributed by atoms with Crippen LogP contribution in [0.5, 0.6) is 0 Å². The molecule has 0 spiro atoms. The van der Waals surface area contributed by atoms with E-state index in [1.807, 2.05) is 42.6 Å². The van der Waals surface area contributed by atoms with Gasteiger partial charge in [-0.25, -0.2) is 4.79 Å². The number of carbonyl (C=O) groups excluding carboxylic acids is 2. The second-order valence-corrected chi connectivity index (χ2v) is 8.23. The first-order valence-electron chi connectivity index (χ1n) is 10.1. The minimum atomic E-state index is -0.654. The van der Waals surface area contributed by atoms with Crippen molar-refractivity contribution < 1.29 is 14.3 Å². The van der Waals surface area contributed by atoms with Gasteiger partial charge in [0.15, 0.2) is 0 Å². The van der Waals surface area contributed by atoms with Gasteiger partial charge in [0.1, 0.15) is 11.9 Å². The summed E-state index contributed by atoms with van der Waals surface area (Å²) in [7, 11) is 0. The van der Waals surface area contributed by atoms with Crippen LogP contribution in [0.2, 0.25) is 0 Å². The average Bonchev–Trinajstić information content (AvgIpc) is 3.04. The fourth-order valence-corrected chi connectivity index (χ4v) is 3.33. The van der Waals surface area contributed by atoms with Crippen molar-refractivity contribution in [3.8, 4) is 0 Å². The number of alkyl carbamates (subject to hydrolysis) is 1. The first kappa shape index (κ1) is 21.4. The Hall–Kier alpha value is -3.34. The molecule has 0 fully saturated rings. The summed E-state index contributed by atoms with van der Waals surface area (Å²) in [6.45, 7) is 6.08. The molecule has 1 aromatic heterocycles. The topological polar surface area (TPSA) is 60.3 Å². The number of amides is 1. The molecule has 156 valence electrons. The zero-order valence-electron chi connectivity index (χ0n) is 17.7. The Morgan fingerprint density at radius 3 is 2.50 bits per heavy atom. The van der Waals surface area contributed by atoms with Crippen molar-refractivity contribution in [1.29, 1.82) is 0 Å². The van der Waals surface area contributed by atoms with Gasteiger partial charge in [-0.1, -0.05) is 60.7 Å². The van der Waals surface area contributed by atoms with E-state index in [-0.39, 0.29) is 0 Å². The molecule has 0 aliphatic heterocycles. The van der Waals surface area contributed by atoms with E-state index in [4.69, 9.17) is 4.74 Å². The van der Waals surface area contributed by atoms with Gasteiger partial charge in [0.2, 0.25) is 0 Å². The zero-order chi connectivity index (χ0) is 21.6. The number of hydrogen-bond acceptors (Lipinski definition) is 3. The molecule has 1 heterocycles. The van der Waals surface area contributed by atoms with Crippen LogP contribution in [0.3, 0.4) is 0 Å². The molecule has 0 radical (unpaired) electrons. The summed E-state index contributed by atoms with van der Waals surface area (Å²) in [4.78, 5) is 23.7. The van der Waals surface area contributed by atoms with Gasteiger partial charge in [0, 0.05) is 30.1 Å². The number of aldehydes is 1. The number of benzene rings is 2. The van der Waals surface area contributed by atoms with Gasteiger partial charge < -0.3 is 19.4 Å². The van der Waals surface area contributed by atoms with E-state index >= 15 is 0 Å². The van der Waals surface area contributed by atoms with E-state index in [9.17, 15) is 9.59 Å². The molecule has 0 saturated carbocycles. The van der Waals surface area contributed by atoms with Crippen molar-refractivity contribution in [3.05, 3.63) is 78.0 Å². The number of hydrogen-bond donors (Lipinski definition) is 1. The summed E-state index contributed by atoms with van der Waals surface area (Å²) in [5.41, 5.74) is 2.63. The SMILES string of the molecule is CC(C)(C)OC(=O)NC(C=O)Cc1cn(CC=Cc2ccccc2)c2ccccc12. The van der Waals surface area contributed by atoms with Gasteiger partial charge in [0.25, 0.3) is 0 Å². The summed E-state index contributed by atoms with van der Waals surface area (Å²) < 4.78 is 7.42. The number of para-hydroxylation sites is 1. The smallest absolute Gasteiger partial charge is 0.408 e. The molecule has 0 aliphatic carbocycles. The maximum absolute atomic E-state index is 12.1. The lowest BCUT2D eigenvalue weighted by Gasteiger charge is -2.21.